The van der Waals surface area contributed by atoms with Gasteiger partial charge in [-0.05, 0) is 45.1 Å². The Morgan fingerprint density at radius 3 is 2.95 bits per heavy atom. The lowest BCUT2D eigenvalue weighted by molar-refractivity contribution is 0.0655. The second-order valence-electron chi connectivity index (χ2n) is 6.12. The molecule has 5 heteroatoms. The Hall–Kier alpha value is -0.940. The van der Waals surface area contributed by atoms with Gasteiger partial charge in [0.15, 0.2) is 0 Å². The van der Waals surface area contributed by atoms with E-state index in [1.165, 1.54) is 37.9 Å². The van der Waals surface area contributed by atoms with E-state index in [4.69, 9.17) is 4.74 Å². The predicted molar refractivity (Wildman–Crippen MR) is 77.5 cm³/mol. The van der Waals surface area contributed by atoms with Gasteiger partial charge < -0.3 is 14.6 Å². The largest absolute Gasteiger partial charge is 0.381 e. The summed E-state index contributed by atoms with van der Waals surface area (Å²) in [5, 5.41) is 12.5. The molecule has 0 aromatic carbocycles. The molecule has 3 heterocycles. The van der Waals surface area contributed by atoms with Crippen LogP contribution in [0.4, 0.5) is 0 Å². The molecule has 0 radical (unpaired) electrons. The molecule has 5 nitrogen and oxygen atoms in total. The molecular weight excluding hydrogens is 252 g/mol. The third-order valence-electron chi connectivity index (χ3n) is 4.58. The van der Waals surface area contributed by atoms with Gasteiger partial charge in [-0.1, -0.05) is 6.42 Å². The minimum Gasteiger partial charge on any atom is -0.381 e. The molecule has 1 N–H and O–H groups in total. The van der Waals surface area contributed by atoms with Crippen molar-refractivity contribution in [2.75, 3.05) is 19.8 Å². The highest BCUT2D eigenvalue weighted by Gasteiger charge is 2.20. The minimum atomic E-state index is 0.289. The van der Waals surface area contributed by atoms with E-state index in [0.717, 1.165) is 44.5 Å². The zero-order valence-electron chi connectivity index (χ0n) is 12.5. The van der Waals surface area contributed by atoms with Crippen molar-refractivity contribution in [3.05, 3.63) is 11.6 Å². The van der Waals surface area contributed by atoms with Gasteiger partial charge >= 0.3 is 0 Å². The second kappa shape index (κ2) is 6.68. The molecule has 1 aromatic heterocycles. The summed E-state index contributed by atoms with van der Waals surface area (Å²) in [6.45, 7) is 6.19. The van der Waals surface area contributed by atoms with Crippen molar-refractivity contribution in [1.82, 2.24) is 20.1 Å². The summed E-state index contributed by atoms with van der Waals surface area (Å²) in [6.07, 6.45) is 7.26. The van der Waals surface area contributed by atoms with Gasteiger partial charge in [0.25, 0.3) is 0 Å². The highest BCUT2D eigenvalue weighted by molar-refractivity contribution is 5.02. The van der Waals surface area contributed by atoms with Crippen LogP contribution in [0.3, 0.4) is 0 Å². The quantitative estimate of drug-likeness (QED) is 0.916. The number of hydrogen-bond acceptors (Lipinski definition) is 4. The number of fused-ring (bicyclic) bond motifs is 1. The first kappa shape index (κ1) is 14.0. The van der Waals surface area contributed by atoms with Crippen LogP contribution in [-0.4, -0.2) is 34.5 Å². The van der Waals surface area contributed by atoms with Crippen LogP contribution in [0.5, 0.6) is 0 Å². The van der Waals surface area contributed by atoms with Crippen molar-refractivity contribution < 1.29 is 4.74 Å². The van der Waals surface area contributed by atoms with Gasteiger partial charge in [-0.25, -0.2) is 0 Å². The van der Waals surface area contributed by atoms with Crippen molar-refractivity contribution in [1.29, 1.82) is 0 Å². The fraction of sp³-hybridized carbons (Fsp3) is 0.867. The first-order valence-corrected chi connectivity index (χ1v) is 8.07. The van der Waals surface area contributed by atoms with Gasteiger partial charge in [-0.2, -0.15) is 0 Å². The van der Waals surface area contributed by atoms with Crippen LogP contribution in [0.2, 0.25) is 0 Å². The smallest absolute Gasteiger partial charge is 0.149 e. The summed E-state index contributed by atoms with van der Waals surface area (Å²) in [7, 11) is 0. The van der Waals surface area contributed by atoms with Crippen LogP contribution >= 0.6 is 0 Å². The summed E-state index contributed by atoms with van der Waals surface area (Å²) in [4.78, 5) is 0. The SMILES string of the molecule is CC(NCC1CCOCC1)c1nnc2n1CCCCC2. The monoisotopic (exact) mass is 278 g/mol. The number of nitrogens with zero attached hydrogens (tertiary/aromatic N) is 3. The molecule has 0 aliphatic carbocycles. The van der Waals surface area contributed by atoms with E-state index in [1.807, 2.05) is 0 Å². The summed E-state index contributed by atoms with van der Waals surface area (Å²) in [5.74, 6) is 3.05. The molecule has 1 fully saturated rings. The van der Waals surface area contributed by atoms with Crippen LogP contribution in [0.1, 0.15) is 56.7 Å². The highest BCUT2D eigenvalue weighted by Crippen LogP contribution is 2.20. The Morgan fingerprint density at radius 1 is 1.25 bits per heavy atom. The fourth-order valence-corrected chi connectivity index (χ4v) is 3.21. The first-order chi connectivity index (χ1) is 9.84. The lowest BCUT2D eigenvalue weighted by Gasteiger charge is -2.24. The second-order valence-corrected chi connectivity index (χ2v) is 6.12. The van der Waals surface area contributed by atoms with E-state index in [1.54, 1.807) is 0 Å². The maximum Gasteiger partial charge on any atom is 0.149 e. The number of rotatable bonds is 4. The Kier molecular flexibility index (Phi) is 4.68. The first-order valence-electron chi connectivity index (χ1n) is 8.07. The third kappa shape index (κ3) is 3.20. The molecule has 1 saturated heterocycles. The van der Waals surface area contributed by atoms with Crippen molar-refractivity contribution in [2.45, 2.75) is 58.0 Å². The average molecular weight is 278 g/mol. The van der Waals surface area contributed by atoms with Crippen LogP contribution in [0.25, 0.3) is 0 Å². The van der Waals surface area contributed by atoms with Gasteiger partial charge in [0.05, 0.1) is 6.04 Å². The Bertz CT molecular complexity index is 426. The van der Waals surface area contributed by atoms with Crippen molar-refractivity contribution in [3.63, 3.8) is 0 Å². The van der Waals surface area contributed by atoms with Gasteiger partial charge in [-0.3, -0.25) is 0 Å². The van der Waals surface area contributed by atoms with Gasteiger partial charge in [-0.15, -0.1) is 10.2 Å². The molecule has 1 atom stereocenters. The Balaban J connectivity index is 1.59. The molecule has 2 aliphatic rings. The van der Waals surface area contributed by atoms with E-state index >= 15 is 0 Å². The molecule has 1 unspecified atom stereocenters. The number of aromatic nitrogens is 3. The molecule has 0 saturated carbocycles. The fourth-order valence-electron chi connectivity index (χ4n) is 3.21. The van der Waals surface area contributed by atoms with Crippen molar-refractivity contribution >= 4 is 0 Å². The van der Waals surface area contributed by atoms with Gasteiger partial charge in [0.2, 0.25) is 0 Å². The molecule has 112 valence electrons. The van der Waals surface area contributed by atoms with Gasteiger partial charge in [0, 0.05) is 26.2 Å². The standard InChI is InChI=1S/C15H26N4O/c1-12(16-11-13-6-9-20-10-7-13)15-18-17-14-5-3-2-4-8-19(14)15/h12-13,16H,2-11H2,1H3. The molecule has 3 rings (SSSR count). The normalized spacial score (nSPS) is 22.2. The minimum absolute atomic E-state index is 0.289. The van der Waals surface area contributed by atoms with Crippen LogP contribution in [0, 0.1) is 5.92 Å². The van der Waals surface area contributed by atoms with E-state index in [0.29, 0.717) is 0 Å². The van der Waals surface area contributed by atoms with Crippen molar-refractivity contribution in [2.24, 2.45) is 5.92 Å². The van der Waals surface area contributed by atoms with Crippen LogP contribution < -0.4 is 5.32 Å². The highest BCUT2D eigenvalue weighted by atomic mass is 16.5. The molecule has 1 aromatic rings. The molecule has 0 amide bonds. The molecule has 2 aliphatic heterocycles. The zero-order chi connectivity index (χ0) is 13.8. The average Bonchev–Trinajstić information content (AvgIpc) is 2.75. The maximum atomic E-state index is 5.41. The van der Waals surface area contributed by atoms with E-state index in [2.05, 4.69) is 27.0 Å². The van der Waals surface area contributed by atoms with Crippen LogP contribution in [-0.2, 0) is 17.7 Å². The molecule has 0 bridgehead atoms. The number of aryl methyl sites for hydroxylation is 1. The topological polar surface area (TPSA) is 52.0 Å². The summed E-state index contributed by atoms with van der Waals surface area (Å²) >= 11 is 0. The Labute approximate surface area is 121 Å². The maximum absolute atomic E-state index is 5.41. The lowest BCUT2D eigenvalue weighted by Crippen LogP contribution is -2.31. The number of hydrogen-bond donors (Lipinski definition) is 1. The molecule has 0 spiro atoms. The molecule has 20 heavy (non-hydrogen) atoms. The third-order valence-corrected chi connectivity index (χ3v) is 4.58. The zero-order valence-corrected chi connectivity index (χ0v) is 12.5. The van der Waals surface area contributed by atoms with Crippen LogP contribution in [0.15, 0.2) is 0 Å². The van der Waals surface area contributed by atoms with E-state index in [-0.39, 0.29) is 6.04 Å². The van der Waals surface area contributed by atoms with E-state index < -0.39 is 0 Å². The van der Waals surface area contributed by atoms with Gasteiger partial charge in [0.1, 0.15) is 11.6 Å². The van der Waals surface area contributed by atoms with E-state index in [9.17, 15) is 0 Å². The summed E-state index contributed by atoms with van der Waals surface area (Å²) < 4.78 is 7.75. The summed E-state index contributed by atoms with van der Waals surface area (Å²) in [6, 6.07) is 0.289. The number of ether oxygens (including phenoxy) is 1. The Morgan fingerprint density at radius 2 is 2.10 bits per heavy atom. The predicted octanol–water partition coefficient (Wildman–Crippen LogP) is 2.08. The summed E-state index contributed by atoms with van der Waals surface area (Å²) in [5.41, 5.74) is 0. The van der Waals surface area contributed by atoms with Crippen molar-refractivity contribution in [3.8, 4) is 0 Å². The lowest BCUT2D eigenvalue weighted by atomic mass is 10.00. The molecular formula is C15H26N4O. The number of nitrogens with one attached hydrogen (secondary N) is 1.